The average Bonchev–Trinajstić information content (AvgIpc) is 2.68. The molecule has 0 unspecified atom stereocenters. The van der Waals surface area contributed by atoms with E-state index in [1.165, 1.54) is 13.2 Å². The van der Waals surface area contributed by atoms with Crippen molar-refractivity contribution in [1.82, 2.24) is 5.32 Å². The zero-order valence-corrected chi connectivity index (χ0v) is 15.8. The second-order valence-electron chi connectivity index (χ2n) is 5.46. The van der Waals surface area contributed by atoms with Gasteiger partial charge >= 0.3 is 5.97 Å². The standard InChI is InChI=1S/C20H20ClNO5/c1-25-17-8-6-15(11-18(17)26-2)12-22-19(23)13-27-20(24)9-7-14-4-3-5-16(21)10-14/h3-11H,12-13H2,1-2H3,(H,22,23)/b9-7+. The highest BCUT2D eigenvalue weighted by molar-refractivity contribution is 6.30. The van der Waals surface area contributed by atoms with E-state index in [-0.39, 0.29) is 13.2 Å². The highest BCUT2D eigenvalue weighted by Gasteiger charge is 2.08. The number of ether oxygens (including phenoxy) is 3. The molecular weight excluding hydrogens is 370 g/mol. The third kappa shape index (κ3) is 6.67. The fraction of sp³-hybridized carbons (Fsp3) is 0.200. The molecule has 2 rings (SSSR count). The maximum atomic E-state index is 11.8. The van der Waals surface area contributed by atoms with Crippen LogP contribution >= 0.6 is 11.6 Å². The zero-order chi connectivity index (χ0) is 19.6. The zero-order valence-electron chi connectivity index (χ0n) is 15.0. The van der Waals surface area contributed by atoms with Crippen LogP contribution < -0.4 is 14.8 Å². The molecule has 27 heavy (non-hydrogen) atoms. The molecule has 142 valence electrons. The summed E-state index contributed by atoms with van der Waals surface area (Å²) < 4.78 is 15.3. The minimum absolute atomic E-state index is 0.273. The van der Waals surface area contributed by atoms with Crippen molar-refractivity contribution < 1.29 is 23.8 Å². The number of esters is 1. The molecule has 0 radical (unpaired) electrons. The Labute approximate surface area is 162 Å². The van der Waals surface area contributed by atoms with Gasteiger partial charge in [0.1, 0.15) is 0 Å². The molecule has 1 amide bonds. The van der Waals surface area contributed by atoms with Gasteiger partial charge in [-0.1, -0.05) is 29.8 Å². The van der Waals surface area contributed by atoms with Crippen molar-refractivity contribution in [2.75, 3.05) is 20.8 Å². The van der Waals surface area contributed by atoms with Crippen LogP contribution in [0.3, 0.4) is 0 Å². The van der Waals surface area contributed by atoms with Crippen LogP contribution in [0, 0.1) is 0 Å². The molecule has 6 nitrogen and oxygen atoms in total. The van der Waals surface area contributed by atoms with Crippen LogP contribution in [0.15, 0.2) is 48.5 Å². The number of amides is 1. The molecule has 0 spiro atoms. The van der Waals surface area contributed by atoms with Gasteiger partial charge in [-0.2, -0.15) is 0 Å². The summed E-state index contributed by atoms with van der Waals surface area (Å²) in [6.45, 7) is -0.0961. The Kier molecular flexibility index (Phi) is 7.70. The van der Waals surface area contributed by atoms with Gasteiger partial charge in [0.2, 0.25) is 0 Å². The second kappa shape index (κ2) is 10.2. The summed E-state index contributed by atoms with van der Waals surface area (Å²) in [4.78, 5) is 23.5. The molecule has 2 aromatic carbocycles. The van der Waals surface area contributed by atoms with Crippen molar-refractivity contribution in [3.8, 4) is 11.5 Å². The lowest BCUT2D eigenvalue weighted by Crippen LogP contribution is -2.28. The average molecular weight is 390 g/mol. The first-order valence-corrected chi connectivity index (χ1v) is 8.47. The summed E-state index contributed by atoms with van der Waals surface area (Å²) in [5.41, 5.74) is 1.59. The third-order valence-electron chi connectivity index (χ3n) is 3.54. The lowest BCUT2D eigenvalue weighted by molar-refractivity contribution is -0.143. The van der Waals surface area contributed by atoms with Gasteiger partial charge in [0.25, 0.3) is 5.91 Å². The fourth-order valence-corrected chi connectivity index (χ4v) is 2.40. The first kappa shape index (κ1) is 20.3. The highest BCUT2D eigenvalue weighted by Crippen LogP contribution is 2.27. The molecular formula is C20H20ClNO5. The Hall–Kier alpha value is -2.99. The van der Waals surface area contributed by atoms with E-state index in [2.05, 4.69) is 5.32 Å². The summed E-state index contributed by atoms with van der Waals surface area (Å²) in [5.74, 6) is 0.153. The number of carbonyl (C=O) groups excluding carboxylic acids is 2. The van der Waals surface area contributed by atoms with Gasteiger partial charge < -0.3 is 19.5 Å². The van der Waals surface area contributed by atoms with Crippen molar-refractivity contribution in [3.63, 3.8) is 0 Å². The maximum absolute atomic E-state index is 11.8. The molecule has 0 atom stereocenters. The third-order valence-corrected chi connectivity index (χ3v) is 3.78. The minimum Gasteiger partial charge on any atom is -0.493 e. The van der Waals surface area contributed by atoms with Crippen LogP contribution in [0.4, 0.5) is 0 Å². The number of benzene rings is 2. The van der Waals surface area contributed by atoms with Crippen molar-refractivity contribution in [3.05, 3.63) is 64.7 Å². The molecule has 2 aromatic rings. The predicted molar refractivity (Wildman–Crippen MR) is 103 cm³/mol. The van der Waals surface area contributed by atoms with E-state index in [4.69, 9.17) is 25.8 Å². The number of rotatable bonds is 8. The van der Waals surface area contributed by atoms with Crippen molar-refractivity contribution in [2.45, 2.75) is 6.54 Å². The Bertz CT molecular complexity index is 835. The lowest BCUT2D eigenvalue weighted by atomic mass is 10.2. The van der Waals surface area contributed by atoms with Crippen LogP contribution in [-0.4, -0.2) is 32.7 Å². The molecule has 7 heteroatoms. The van der Waals surface area contributed by atoms with E-state index >= 15 is 0 Å². The number of methoxy groups -OCH3 is 2. The van der Waals surface area contributed by atoms with E-state index in [1.54, 1.807) is 55.7 Å². The molecule has 0 fully saturated rings. The topological polar surface area (TPSA) is 73.9 Å². The van der Waals surface area contributed by atoms with Crippen molar-refractivity contribution >= 4 is 29.6 Å². The second-order valence-corrected chi connectivity index (χ2v) is 5.90. The van der Waals surface area contributed by atoms with Crippen molar-refractivity contribution in [2.24, 2.45) is 0 Å². The van der Waals surface area contributed by atoms with Gasteiger partial charge in [0.05, 0.1) is 14.2 Å². The Morgan fingerprint density at radius 2 is 1.85 bits per heavy atom. The van der Waals surface area contributed by atoms with E-state index in [9.17, 15) is 9.59 Å². The molecule has 0 aliphatic heterocycles. The van der Waals surface area contributed by atoms with Crippen LogP contribution in [0.5, 0.6) is 11.5 Å². The summed E-state index contributed by atoms with van der Waals surface area (Å²) in [7, 11) is 3.09. The quantitative estimate of drug-likeness (QED) is 0.554. The number of hydrogen-bond donors (Lipinski definition) is 1. The number of hydrogen-bond acceptors (Lipinski definition) is 5. The number of carbonyl (C=O) groups is 2. The van der Waals surface area contributed by atoms with Crippen LogP contribution in [-0.2, 0) is 20.9 Å². The van der Waals surface area contributed by atoms with Gasteiger partial charge in [-0.05, 0) is 41.5 Å². The summed E-state index contributed by atoms with van der Waals surface area (Å²) >= 11 is 5.87. The molecule has 0 heterocycles. The van der Waals surface area contributed by atoms with E-state index in [0.717, 1.165) is 11.1 Å². The van der Waals surface area contributed by atoms with E-state index in [0.29, 0.717) is 16.5 Å². The van der Waals surface area contributed by atoms with Gasteiger partial charge in [-0.3, -0.25) is 4.79 Å². The highest BCUT2D eigenvalue weighted by atomic mass is 35.5. The maximum Gasteiger partial charge on any atom is 0.331 e. The largest absolute Gasteiger partial charge is 0.493 e. The summed E-state index contributed by atoms with van der Waals surface area (Å²) in [5, 5.41) is 3.24. The number of nitrogens with one attached hydrogen (secondary N) is 1. The van der Waals surface area contributed by atoms with Gasteiger partial charge in [-0.15, -0.1) is 0 Å². The van der Waals surface area contributed by atoms with Crippen LogP contribution in [0.1, 0.15) is 11.1 Å². The Morgan fingerprint density at radius 1 is 1.07 bits per heavy atom. The smallest absolute Gasteiger partial charge is 0.331 e. The first-order valence-electron chi connectivity index (χ1n) is 8.10. The van der Waals surface area contributed by atoms with Crippen LogP contribution in [0.2, 0.25) is 5.02 Å². The molecule has 0 aromatic heterocycles. The molecule has 0 bridgehead atoms. The van der Waals surface area contributed by atoms with E-state index < -0.39 is 11.9 Å². The SMILES string of the molecule is COc1ccc(CNC(=O)COC(=O)/C=C/c2cccc(Cl)c2)cc1OC. The van der Waals surface area contributed by atoms with Gasteiger partial charge in [0.15, 0.2) is 18.1 Å². The Morgan fingerprint density at radius 3 is 2.56 bits per heavy atom. The molecule has 0 aliphatic rings. The molecule has 0 aliphatic carbocycles. The summed E-state index contributed by atoms with van der Waals surface area (Å²) in [6, 6.07) is 12.3. The lowest BCUT2D eigenvalue weighted by Gasteiger charge is -2.10. The monoisotopic (exact) mass is 389 g/mol. The summed E-state index contributed by atoms with van der Waals surface area (Å²) in [6.07, 6.45) is 2.81. The molecule has 0 saturated carbocycles. The van der Waals surface area contributed by atoms with Gasteiger partial charge in [-0.25, -0.2) is 4.79 Å². The first-order chi connectivity index (χ1) is 13.0. The fourth-order valence-electron chi connectivity index (χ4n) is 2.20. The minimum atomic E-state index is -0.615. The van der Waals surface area contributed by atoms with Crippen molar-refractivity contribution in [1.29, 1.82) is 0 Å². The normalized spacial score (nSPS) is 10.5. The van der Waals surface area contributed by atoms with E-state index in [1.807, 2.05) is 0 Å². The predicted octanol–water partition coefficient (Wildman–Crippen LogP) is 3.23. The molecule has 1 N–H and O–H groups in total. The Balaban J connectivity index is 1.78. The number of halogens is 1. The van der Waals surface area contributed by atoms with Crippen LogP contribution in [0.25, 0.3) is 6.08 Å². The molecule has 0 saturated heterocycles. The van der Waals surface area contributed by atoms with Gasteiger partial charge in [0, 0.05) is 17.6 Å².